The minimum Gasteiger partial charge on any atom is -0.353 e. The van der Waals surface area contributed by atoms with E-state index in [-0.39, 0.29) is 0 Å². The third-order valence-electron chi connectivity index (χ3n) is 4.26. The Morgan fingerprint density at radius 2 is 1.96 bits per heavy atom. The van der Waals surface area contributed by atoms with Gasteiger partial charge < -0.3 is 15.6 Å². The van der Waals surface area contributed by atoms with E-state index < -0.39 is 0 Å². The quantitative estimate of drug-likeness (QED) is 0.797. The van der Waals surface area contributed by atoms with Crippen LogP contribution < -0.4 is 15.6 Å². The molecule has 0 amide bonds. The van der Waals surface area contributed by atoms with Crippen molar-refractivity contribution in [2.24, 2.45) is 0 Å². The summed E-state index contributed by atoms with van der Waals surface area (Å²) in [7, 11) is 2.03. The molecule has 0 atom stereocenters. The van der Waals surface area contributed by atoms with Gasteiger partial charge in [0.25, 0.3) is 0 Å². The van der Waals surface area contributed by atoms with Crippen molar-refractivity contribution in [1.82, 2.24) is 25.5 Å². The SMILES string of the molecule is CC.CCN(C)Nc1ccc(-c2nncc(N3CCNCC3)n2)cc1C. The first-order valence-corrected chi connectivity index (χ1v) is 9.41. The van der Waals surface area contributed by atoms with Gasteiger partial charge in [0.2, 0.25) is 0 Å². The van der Waals surface area contributed by atoms with Crippen LogP contribution in [0.3, 0.4) is 0 Å². The average Bonchev–Trinajstić information content (AvgIpc) is 2.71. The number of aryl methyl sites for hydroxylation is 1. The number of nitrogens with zero attached hydrogens (tertiary/aromatic N) is 5. The highest BCUT2D eigenvalue weighted by Crippen LogP contribution is 2.23. The van der Waals surface area contributed by atoms with Crippen LogP contribution >= 0.6 is 0 Å². The summed E-state index contributed by atoms with van der Waals surface area (Å²) >= 11 is 0. The molecule has 2 heterocycles. The molecule has 1 aliphatic rings. The molecule has 1 aromatic heterocycles. The van der Waals surface area contributed by atoms with Crippen molar-refractivity contribution < 1.29 is 0 Å². The standard InChI is InChI=1S/C17H25N7.C2H6/c1-4-23(3)22-15-6-5-14(11-13(15)2)17-20-16(12-19-21-17)24-9-7-18-8-10-24;1-2/h5-6,11-12,18,22H,4,7-10H2,1-3H3;1-2H3. The zero-order chi connectivity index (χ0) is 18.9. The van der Waals surface area contributed by atoms with Crippen LogP contribution in [0, 0.1) is 6.92 Å². The summed E-state index contributed by atoms with van der Waals surface area (Å²) in [6.45, 7) is 13.0. The monoisotopic (exact) mass is 357 g/mol. The van der Waals surface area contributed by atoms with Gasteiger partial charge in [0.1, 0.15) is 0 Å². The number of hydrogen-bond acceptors (Lipinski definition) is 7. The Morgan fingerprint density at radius 1 is 1.23 bits per heavy atom. The Bertz CT molecular complexity index is 683. The van der Waals surface area contributed by atoms with Crippen LogP contribution in [0.25, 0.3) is 11.4 Å². The van der Waals surface area contributed by atoms with Crippen LogP contribution in [-0.4, -0.2) is 60.0 Å². The molecule has 2 aromatic rings. The first-order valence-electron chi connectivity index (χ1n) is 9.41. The summed E-state index contributed by atoms with van der Waals surface area (Å²) in [6, 6.07) is 6.21. The highest BCUT2D eigenvalue weighted by Gasteiger charge is 2.14. The normalized spacial score (nSPS) is 14.0. The molecule has 3 rings (SSSR count). The lowest BCUT2D eigenvalue weighted by molar-refractivity contribution is 0.425. The van der Waals surface area contributed by atoms with Crippen molar-refractivity contribution in [2.75, 3.05) is 50.1 Å². The maximum atomic E-state index is 4.71. The lowest BCUT2D eigenvalue weighted by Gasteiger charge is -2.28. The maximum Gasteiger partial charge on any atom is 0.183 e. The fourth-order valence-electron chi connectivity index (χ4n) is 2.68. The zero-order valence-corrected chi connectivity index (χ0v) is 16.6. The van der Waals surface area contributed by atoms with Crippen molar-refractivity contribution in [2.45, 2.75) is 27.7 Å². The van der Waals surface area contributed by atoms with Crippen LogP contribution in [0.4, 0.5) is 11.5 Å². The van der Waals surface area contributed by atoms with Crippen LogP contribution in [-0.2, 0) is 0 Å². The van der Waals surface area contributed by atoms with Gasteiger partial charge in [-0.05, 0) is 30.7 Å². The topological polar surface area (TPSA) is 69.2 Å². The third-order valence-corrected chi connectivity index (χ3v) is 4.26. The number of hydrazine groups is 1. The van der Waals surface area contributed by atoms with E-state index in [1.165, 1.54) is 0 Å². The van der Waals surface area contributed by atoms with E-state index >= 15 is 0 Å². The Balaban J connectivity index is 0.00000117. The van der Waals surface area contributed by atoms with Gasteiger partial charge in [0.15, 0.2) is 11.6 Å². The van der Waals surface area contributed by atoms with Gasteiger partial charge in [-0.2, -0.15) is 5.10 Å². The van der Waals surface area contributed by atoms with Crippen molar-refractivity contribution in [3.63, 3.8) is 0 Å². The molecule has 1 saturated heterocycles. The van der Waals surface area contributed by atoms with Crippen molar-refractivity contribution >= 4 is 11.5 Å². The van der Waals surface area contributed by atoms with Crippen LogP contribution in [0.15, 0.2) is 24.4 Å². The summed E-state index contributed by atoms with van der Waals surface area (Å²) in [6.07, 6.45) is 1.74. The molecule has 0 radical (unpaired) electrons. The van der Waals surface area contributed by atoms with Gasteiger partial charge in [0, 0.05) is 45.3 Å². The van der Waals surface area contributed by atoms with Crippen molar-refractivity contribution in [1.29, 1.82) is 0 Å². The highest BCUT2D eigenvalue weighted by molar-refractivity contribution is 5.64. The Hall–Kier alpha value is -2.25. The van der Waals surface area contributed by atoms with Gasteiger partial charge in [-0.15, -0.1) is 5.10 Å². The van der Waals surface area contributed by atoms with Gasteiger partial charge in [-0.1, -0.05) is 20.8 Å². The summed E-state index contributed by atoms with van der Waals surface area (Å²) in [5, 5.41) is 13.8. The van der Waals surface area contributed by atoms with Crippen molar-refractivity contribution in [3.05, 3.63) is 30.0 Å². The molecule has 0 spiro atoms. The number of piperazine rings is 1. The van der Waals surface area contributed by atoms with Crippen LogP contribution in [0.1, 0.15) is 26.3 Å². The van der Waals surface area contributed by atoms with E-state index in [1.807, 2.05) is 32.0 Å². The number of nitrogens with one attached hydrogen (secondary N) is 2. The Kier molecular flexibility index (Phi) is 7.74. The molecule has 0 bridgehead atoms. The molecular weight excluding hydrogens is 326 g/mol. The molecule has 1 aliphatic heterocycles. The molecule has 0 unspecified atom stereocenters. The molecule has 1 aromatic carbocycles. The number of hydrogen-bond donors (Lipinski definition) is 2. The zero-order valence-electron chi connectivity index (χ0n) is 16.6. The van der Waals surface area contributed by atoms with Gasteiger partial charge in [-0.3, -0.25) is 0 Å². The van der Waals surface area contributed by atoms with E-state index in [2.05, 4.69) is 51.8 Å². The summed E-state index contributed by atoms with van der Waals surface area (Å²) in [4.78, 5) is 6.95. The summed E-state index contributed by atoms with van der Waals surface area (Å²) in [5.41, 5.74) is 6.60. The largest absolute Gasteiger partial charge is 0.353 e. The third kappa shape index (κ3) is 5.12. The molecular formula is C19H31N7. The van der Waals surface area contributed by atoms with Crippen molar-refractivity contribution in [3.8, 4) is 11.4 Å². The highest BCUT2D eigenvalue weighted by atomic mass is 15.5. The van der Waals surface area contributed by atoms with Crippen LogP contribution in [0.5, 0.6) is 0 Å². The molecule has 7 nitrogen and oxygen atoms in total. The minimum absolute atomic E-state index is 0.671. The molecule has 0 saturated carbocycles. The van der Waals surface area contributed by atoms with Gasteiger partial charge in [0.05, 0.1) is 11.9 Å². The molecule has 142 valence electrons. The predicted molar refractivity (Wildman–Crippen MR) is 108 cm³/mol. The fourth-order valence-corrected chi connectivity index (χ4v) is 2.68. The Labute approximate surface area is 156 Å². The summed E-state index contributed by atoms with van der Waals surface area (Å²) < 4.78 is 0. The van der Waals surface area contributed by atoms with E-state index in [0.29, 0.717) is 5.82 Å². The smallest absolute Gasteiger partial charge is 0.183 e. The molecule has 7 heteroatoms. The second kappa shape index (κ2) is 10.0. The average molecular weight is 358 g/mol. The number of anilines is 2. The summed E-state index contributed by atoms with van der Waals surface area (Å²) in [5.74, 6) is 1.57. The van der Waals surface area contributed by atoms with E-state index in [1.54, 1.807) is 6.20 Å². The molecule has 1 fully saturated rings. The van der Waals surface area contributed by atoms with E-state index in [9.17, 15) is 0 Å². The Morgan fingerprint density at radius 3 is 2.62 bits per heavy atom. The van der Waals surface area contributed by atoms with Gasteiger partial charge >= 0.3 is 0 Å². The second-order valence-electron chi connectivity index (χ2n) is 6.03. The van der Waals surface area contributed by atoms with Crippen LogP contribution in [0.2, 0.25) is 0 Å². The fraction of sp³-hybridized carbons (Fsp3) is 0.526. The number of benzene rings is 1. The van der Waals surface area contributed by atoms with Gasteiger partial charge in [-0.25, -0.2) is 9.99 Å². The van der Waals surface area contributed by atoms with E-state index in [4.69, 9.17) is 4.98 Å². The second-order valence-corrected chi connectivity index (χ2v) is 6.03. The predicted octanol–water partition coefficient (Wildman–Crippen LogP) is 2.56. The maximum absolute atomic E-state index is 4.71. The first-order chi connectivity index (χ1) is 12.7. The number of aromatic nitrogens is 3. The number of rotatable bonds is 5. The molecule has 0 aliphatic carbocycles. The molecule has 26 heavy (non-hydrogen) atoms. The first kappa shape index (κ1) is 20.1. The molecule has 2 N–H and O–H groups in total. The lowest BCUT2D eigenvalue weighted by Crippen LogP contribution is -2.44. The lowest BCUT2D eigenvalue weighted by atomic mass is 10.1. The minimum atomic E-state index is 0.671. The van der Waals surface area contributed by atoms with E-state index in [0.717, 1.165) is 55.4 Å².